The van der Waals surface area contributed by atoms with Crippen LogP contribution in [0.3, 0.4) is 0 Å². The number of hydrogen-bond donors (Lipinski definition) is 1. The molecule has 3 rings (SSSR count). The van der Waals surface area contributed by atoms with Crippen LogP contribution in [-0.4, -0.2) is 75.4 Å². The Balaban J connectivity index is 1.50. The molecule has 27 heavy (non-hydrogen) atoms. The summed E-state index contributed by atoms with van der Waals surface area (Å²) in [5, 5.41) is 2.63. The summed E-state index contributed by atoms with van der Waals surface area (Å²) in [5.41, 5.74) is 0.893. The van der Waals surface area contributed by atoms with Gasteiger partial charge in [-0.15, -0.1) is 0 Å². The summed E-state index contributed by atoms with van der Waals surface area (Å²) in [5.74, 6) is -1.05. The average Bonchev–Trinajstić information content (AvgIpc) is 3.23. The highest BCUT2D eigenvalue weighted by molar-refractivity contribution is 7.89. The molecule has 0 aromatic heterocycles. The molecule has 0 radical (unpaired) electrons. The third-order valence-corrected chi connectivity index (χ3v) is 6.73. The van der Waals surface area contributed by atoms with Gasteiger partial charge in [-0.2, -0.15) is 4.31 Å². The second-order valence-corrected chi connectivity index (χ2v) is 8.60. The molecule has 2 aliphatic rings. The number of hydrogen-bond acceptors (Lipinski definition) is 5. The Morgan fingerprint density at radius 2 is 1.63 bits per heavy atom. The van der Waals surface area contributed by atoms with Crippen molar-refractivity contribution in [1.29, 1.82) is 0 Å². The maximum absolute atomic E-state index is 12.6. The highest BCUT2D eigenvalue weighted by Crippen LogP contribution is 2.17. The quantitative estimate of drug-likeness (QED) is 0.708. The predicted octanol–water partition coefficient (Wildman–Crippen LogP) is -0.0114. The second-order valence-electron chi connectivity index (χ2n) is 6.67. The predicted molar refractivity (Wildman–Crippen MR) is 98.5 cm³/mol. The SMILES string of the molecule is O=C(NCCc1ccc(S(=O)(=O)N2CCOCC2)cc1)C(=O)N1CCCC1. The van der Waals surface area contributed by atoms with Gasteiger partial charge >= 0.3 is 11.8 Å². The molecule has 2 fully saturated rings. The van der Waals surface area contributed by atoms with E-state index in [-0.39, 0.29) is 4.90 Å². The molecule has 0 saturated carbocycles. The number of likely N-dealkylation sites (tertiary alicyclic amines) is 1. The van der Waals surface area contributed by atoms with Gasteiger partial charge in [-0.25, -0.2) is 8.42 Å². The summed E-state index contributed by atoms with van der Waals surface area (Å²) < 4.78 is 31.8. The van der Waals surface area contributed by atoms with Crippen LogP contribution in [0.4, 0.5) is 0 Å². The third-order valence-electron chi connectivity index (χ3n) is 4.82. The van der Waals surface area contributed by atoms with Crippen molar-refractivity contribution in [2.45, 2.75) is 24.2 Å². The van der Waals surface area contributed by atoms with E-state index in [9.17, 15) is 18.0 Å². The molecule has 0 spiro atoms. The first-order valence-electron chi connectivity index (χ1n) is 9.22. The van der Waals surface area contributed by atoms with Crippen molar-refractivity contribution >= 4 is 21.8 Å². The molecule has 1 aromatic carbocycles. The highest BCUT2D eigenvalue weighted by Gasteiger charge is 2.26. The Hall–Kier alpha value is -1.97. The fourth-order valence-electron chi connectivity index (χ4n) is 3.22. The number of sulfonamides is 1. The fraction of sp³-hybridized carbons (Fsp3) is 0.556. The first-order chi connectivity index (χ1) is 13.0. The van der Waals surface area contributed by atoms with Crippen molar-refractivity contribution < 1.29 is 22.7 Å². The molecule has 2 amide bonds. The standard InChI is InChI=1S/C18H25N3O5S/c22-17(18(23)20-9-1-2-10-20)19-8-7-15-3-5-16(6-4-15)27(24,25)21-11-13-26-14-12-21/h3-6H,1-2,7-14H2,(H,19,22). The van der Waals surface area contributed by atoms with Gasteiger partial charge in [0.1, 0.15) is 0 Å². The molecule has 0 aliphatic carbocycles. The number of rotatable bonds is 5. The molecular weight excluding hydrogens is 370 g/mol. The molecule has 2 aliphatic heterocycles. The van der Waals surface area contributed by atoms with E-state index in [2.05, 4.69) is 5.32 Å². The van der Waals surface area contributed by atoms with Gasteiger partial charge in [0.25, 0.3) is 0 Å². The highest BCUT2D eigenvalue weighted by atomic mass is 32.2. The monoisotopic (exact) mass is 395 g/mol. The number of morpholine rings is 1. The lowest BCUT2D eigenvalue weighted by molar-refractivity contribution is -0.145. The lowest BCUT2D eigenvalue weighted by Gasteiger charge is -2.26. The maximum atomic E-state index is 12.6. The van der Waals surface area contributed by atoms with Crippen LogP contribution in [-0.2, 0) is 30.8 Å². The van der Waals surface area contributed by atoms with Crippen LogP contribution in [0.2, 0.25) is 0 Å². The number of nitrogens with one attached hydrogen (secondary N) is 1. The van der Waals surface area contributed by atoms with Crippen molar-refractivity contribution in [3.63, 3.8) is 0 Å². The Morgan fingerprint density at radius 3 is 2.26 bits per heavy atom. The summed E-state index contributed by atoms with van der Waals surface area (Å²) in [6, 6.07) is 6.64. The fourth-order valence-corrected chi connectivity index (χ4v) is 4.63. The minimum Gasteiger partial charge on any atom is -0.379 e. The Bertz CT molecular complexity index is 767. The smallest absolute Gasteiger partial charge is 0.311 e. The number of amides is 2. The molecule has 8 nitrogen and oxygen atoms in total. The molecule has 2 heterocycles. The third kappa shape index (κ3) is 4.85. The van der Waals surface area contributed by atoms with Gasteiger partial charge in [-0.05, 0) is 37.0 Å². The van der Waals surface area contributed by atoms with Crippen LogP contribution < -0.4 is 5.32 Å². The Morgan fingerprint density at radius 1 is 1.00 bits per heavy atom. The van der Waals surface area contributed by atoms with Gasteiger partial charge in [-0.1, -0.05) is 12.1 Å². The summed E-state index contributed by atoms with van der Waals surface area (Å²) in [6.45, 7) is 3.16. The molecule has 1 aromatic rings. The van der Waals surface area contributed by atoms with Crippen LogP contribution in [0.1, 0.15) is 18.4 Å². The van der Waals surface area contributed by atoms with Gasteiger partial charge in [0, 0.05) is 32.7 Å². The first-order valence-corrected chi connectivity index (χ1v) is 10.7. The lowest BCUT2D eigenvalue weighted by Crippen LogP contribution is -2.42. The van der Waals surface area contributed by atoms with E-state index in [0.29, 0.717) is 52.4 Å². The van der Waals surface area contributed by atoms with E-state index in [1.54, 1.807) is 29.2 Å². The minimum absolute atomic E-state index is 0.251. The zero-order valence-electron chi connectivity index (χ0n) is 15.2. The van der Waals surface area contributed by atoms with Crippen molar-refractivity contribution in [2.75, 3.05) is 45.9 Å². The van der Waals surface area contributed by atoms with Gasteiger partial charge in [0.05, 0.1) is 18.1 Å². The van der Waals surface area contributed by atoms with Crippen LogP contribution >= 0.6 is 0 Å². The molecule has 2 saturated heterocycles. The first kappa shape index (κ1) is 19.8. The minimum atomic E-state index is -3.50. The van der Waals surface area contributed by atoms with Crippen LogP contribution in [0.15, 0.2) is 29.2 Å². The molecule has 0 unspecified atom stereocenters. The van der Waals surface area contributed by atoms with Crippen molar-refractivity contribution in [3.05, 3.63) is 29.8 Å². The van der Waals surface area contributed by atoms with Gasteiger partial charge < -0.3 is 15.0 Å². The molecule has 148 valence electrons. The number of ether oxygens (including phenoxy) is 1. The van der Waals surface area contributed by atoms with E-state index < -0.39 is 21.8 Å². The van der Waals surface area contributed by atoms with Crippen LogP contribution in [0, 0.1) is 0 Å². The van der Waals surface area contributed by atoms with E-state index in [0.717, 1.165) is 18.4 Å². The number of carbonyl (C=O) groups is 2. The normalized spacial score (nSPS) is 18.4. The molecule has 1 N–H and O–H groups in total. The molecular formula is C18H25N3O5S. The number of nitrogens with zero attached hydrogens (tertiary/aromatic N) is 2. The number of carbonyl (C=O) groups excluding carboxylic acids is 2. The molecule has 0 atom stereocenters. The van der Waals surface area contributed by atoms with E-state index in [1.807, 2.05) is 0 Å². The van der Waals surface area contributed by atoms with Gasteiger partial charge in [0.15, 0.2) is 0 Å². The number of benzene rings is 1. The molecule has 9 heteroatoms. The summed E-state index contributed by atoms with van der Waals surface area (Å²) in [6.07, 6.45) is 2.41. The maximum Gasteiger partial charge on any atom is 0.311 e. The van der Waals surface area contributed by atoms with Gasteiger partial charge in [0.2, 0.25) is 10.0 Å². The van der Waals surface area contributed by atoms with E-state index in [1.165, 1.54) is 4.31 Å². The van der Waals surface area contributed by atoms with Crippen molar-refractivity contribution in [1.82, 2.24) is 14.5 Å². The average molecular weight is 395 g/mol. The lowest BCUT2D eigenvalue weighted by atomic mass is 10.1. The van der Waals surface area contributed by atoms with E-state index >= 15 is 0 Å². The van der Waals surface area contributed by atoms with Crippen molar-refractivity contribution in [2.24, 2.45) is 0 Å². The largest absolute Gasteiger partial charge is 0.379 e. The van der Waals surface area contributed by atoms with Crippen LogP contribution in [0.5, 0.6) is 0 Å². The van der Waals surface area contributed by atoms with E-state index in [4.69, 9.17) is 4.74 Å². The Kier molecular flexibility index (Phi) is 6.46. The topological polar surface area (TPSA) is 96.0 Å². The zero-order valence-corrected chi connectivity index (χ0v) is 16.0. The zero-order chi connectivity index (χ0) is 19.3. The van der Waals surface area contributed by atoms with Crippen LogP contribution in [0.25, 0.3) is 0 Å². The Labute approximate surface area is 159 Å². The summed E-state index contributed by atoms with van der Waals surface area (Å²) in [4.78, 5) is 25.6. The molecule has 0 bridgehead atoms. The van der Waals surface area contributed by atoms with Gasteiger partial charge in [-0.3, -0.25) is 9.59 Å². The second kappa shape index (κ2) is 8.81. The summed E-state index contributed by atoms with van der Waals surface area (Å²) in [7, 11) is -3.50. The van der Waals surface area contributed by atoms with Crippen molar-refractivity contribution in [3.8, 4) is 0 Å². The summed E-state index contributed by atoms with van der Waals surface area (Å²) >= 11 is 0.